The Labute approximate surface area is 132 Å². The van der Waals surface area contributed by atoms with Gasteiger partial charge in [-0.15, -0.1) is 0 Å². The highest BCUT2D eigenvalue weighted by Crippen LogP contribution is 2.11. The van der Waals surface area contributed by atoms with Crippen LogP contribution in [0.4, 0.5) is 0 Å². The predicted molar refractivity (Wildman–Crippen MR) is 80.0 cm³/mol. The highest BCUT2D eigenvalue weighted by Gasteiger charge is 2.07. The molecule has 0 atom stereocenters. The number of hydrogen-bond donors (Lipinski definition) is 2. The van der Waals surface area contributed by atoms with Crippen LogP contribution in [-0.4, -0.2) is 18.4 Å². The Kier molecular flexibility index (Phi) is 5.77. The fourth-order valence-corrected chi connectivity index (χ4v) is 1.70. The Hall–Kier alpha value is -3.27. The average Bonchev–Trinajstić information content (AvgIpc) is 3.10. The van der Waals surface area contributed by atoms with Crippen LogP contribution in [-0.2, 0) is 16.0 Å². The molecule has 1 aromatic heterocycles. The summed E-state index contributed by atoms with van der Waals surface area (Å²) >= 11 is 0. The van der Waals surface area contributed by atoms with E-state index in [1.165, 1.54) is 6.26 Å². The Morgan fingerprint density at radius 1 is 1.13 bits per heavy atom. The highest BCUT2D eigenvalue weighted by atomic mass is 16.5. The SMILES string of the molecule is N#Cc1ccc(OCC(=O)NNC(=O)CCc2ccco2)cc1. The molecule has 0 aliphatic rings. The fraction of sp³-hybridized carbons (Fsp3) is 0.188. The summed E-state index contributed by atoms with van der Waals surface area (Å²) in [6, 6.07) is 11.9. The highest BCUT2D eigenvalue weighted by molar-refractivity contribution is 5.82. The van der Waals surface area contributed by atoms with Crippen LogP contribution < -0.4 is 15.6 Å². The van der Waals surface area contributed by atoms with E-state index in [4.69, 9.17) is 14.4 Å². The summed E-state index contributed by atoms with van der Waals surface area (Å²) in [5.41, 5.74) is 5.06. The van der Waals surface area contributed by atoms with E-state index in [0.29, 0.717) is 23.5 Å². The first kappa shape index (κ1) is 16.1. The van der Waals surface area contributed by atoms with Crippen molar-refractivity contribution in [1.29, 1.82) is 5.26 Å². The maximum absolute atomic E-state index is 11.6. The summed E-state index contributed by atoms with van der Waals surface area (Å²) in [6.07, 6.45) is 2.19. The summed E-state index contributed by atoms with van der Waals surface area (Å²) in [5, 5.41) is 8.67. The molecular formula is C16H15N3O4. The molecule has 2 amide bonds. The molecular weight excluding hydrogens is 298 g/mol. The van der Waals surface area contributed by atoms with Crippen molar-refractivity contribution in [1.82, 2.24) is 10.9 Å². The van der Waals surface area contributed by atoms with E-state index in [-0.39, 0.29) is 18.9 Å². The van der Waals surface area contributed by atoms with E-state index in [1.54, 1.807) is 36.4 Å². The van der Waals surface area contributed by atoms with Crippen molar-refractivity contribution in [3.63, 3.8) is 0 Å². The van der Waals surface area contributed by atoms with Gasteiger partial charge in [0.25, 0.3) is 5.91 Å². The van der Waals surface area contributed by atoms with E-state index in [9.17, 15) is 9.59 Å². The third kappa shape index (κ3) is 5.55. The third-order valence-electron chi connectivity index (χ3n) is 2.87. The first-order chi connectivity index (χ1) is 11.2. The van der Waals surface area contributed by atoms with Gasteiger partial charge in [-0.1, -0.05) is 0 Å². The Balaban J connectivity index is 1.64. The van der Waals surface area contributed by atoms with Gasteiger partial charge in [-0.25, -0.2) is 0 Å². The second-order valence-electron chi connectivity index (χ2n) is 4.60. The summed E-state index contributed by atoms with van der Waals surface area (Å²) in [6.45, 7) is -0.246. The van der Waals surface area contributed by atoms with Crippen LogP contribution >= 0.6 is 0 Å². The van der Waals surface area contributed by atoms with Gasteiger partial charge in [0.2, 0.25) is 5.91 Å². The molecule has 2 N–H and O–H groups in total. The number of hydrazine groups is 1. The molecule has 23 heavy (non-hydrogen) atoms. The quantitative estimate of drug-likeness (QED) is 0.782. The van der Waals surface area contributed by atoms with Crippen LogP contribution in [0, 0.1) is 11.3 Å². The van der Waals surface area contributed by atoms with E-state index in [1.807, 2.05) is 6.07 Å². The standard InChI is InChI=1S/C16H15N3O4/c17-10-12-3-5-14(6-4-12)23-11-16(21)19-18-15(20)8-7-13-2-1-9-22-13/h1-6,9H,7-8,11H2,(H,18,20)(H,19,21). The van der Waals surface area contributed by atoms with Crippen molar-refractivity contribution in [2.24, 2.45) is 0 Å². The molecule has 118 valence electrons. The number of benzene rings is 1. The zero-order chi connectivity index (χ0) is 16.5. The minimum absolute atomic E-state index is 0.199. The number of ether oxygens (including phenoxy) is 1. The molecule has 1 heterocycles. The van der Waals surface area contributed by atoms with Crippen LogP contribution in [0.15, 0.2) is 47.1 Å². The fourth-order valence-electron chi connectivity index (χ4n) is 1.70. The van der Waals surface area contributed by atoms with Gasteiger partial charge in [0.1, 0.15) is 11.5 Å². The van der Waals surface area contributed by atoms with Gasteiger partial charge in [-0.3, -0.25) is 20.4 Å². The number of carbonyl (C=O) groups excluding carboxylic acids is 2. The van der Waals surface area contributed by atoms with E-state index < -0.39 is 5.91 Å². The number of aryl methyl sites for hydroxylation is 1. The molecule has 0 bridgehead atoms. The molecule has 0 fully saturated rings. The van der Waals surface area contributed by atoms with Crippen molar-refractivity contribution in [3.8, 4) is 11.8 Å². The molecule has 0 saturated heterocycles. The zero-order valence-electron chi connectivity index (χ0n) is 12.2. The largest absolute Gasteiger partial charge is 0.484 e. The first-order valence-corrected chi connectivity index (χ1v) is 6.90. The van der Waals surface area contributed by atoms with Gasteiger partial charge < -0.3 is 9.15 Å². The van der Waals surface area contributed by atoms with E-state index >= 15 is 0 Å². The Morgan fingerprint density at radius 2 is 1.87 bits per heavy atom. The van der Waals surface area contributed by atoms with Crippen molar-refractivity contribution in [3.05, 3.63) is 54.0 Å². The van der Waals surface area contributed by atoms with Gasteiger partial charge in [0.15, 0.2) is 6.61 Å². The maximum Gasteiger partial charge on any atom is 0.276 e. The lowest BCUT2D eigenvalue weighted by Gasteiger charge is -2.08. The molecule has 0 saturated carbocycles. The summed E-state index contributed by atoms with van der Waals surface area (Å²) in [5.74, 6) is 0.354. The number of furan rings is 1. The topological polar surface area (TPSA) is 104 Å². The molecule has 0 aliphatic heterocycles. The molecule has 7 heteroatoms. The minimum atomic E-state index is -0.485. The monoisotopic (exact) mass is 313 g/mol. The molecule has 7 nitrogen and oxygen atoms in total. The van der Waals surface area contributed by atoms with Gasteiger partial charge >= 0.3 is 0 Å². The number of nitrogens with one attached hydrogen (secondary N) is 2. The zero-order valence-corrected chi connectivity index (χ0v) is 12.2. The molecule has 2 rings (SSSR count). The van der Waals surface area contributed by atoms with Gasteiger partial charge in [0, 0.05) is 12.8 Å². The second kappa shape index (κ2) is 8.24. The lowest BCUT2D eigenvalue weighted by molar-refractivity contribution is -0.130. The lowest BCUT2D eigenvalue weighted by atomic mass is 10.2. The summed E-state index contributed by atoms with van der Waals surface area (Å²) < 4.78 is 10.3. The number of nitrogens with zero attached hydrogens (tertiary/aromatic N) is 1. The number of hydrogen-bond acceptors (Lipinski definition) is 5. The van der Waals surface area contributed by atoms with E-state index in [2.05, 4.69) is 10.9 Å². The minimum Gasteiger partial charge on any atom is -0.484 e. The number of amides is 2. The summed E-state index contributed by atoms with van der Waals surface area (Å²) in [4.78, 5) is 23.1. The van der Waals surface area contributed by atoms with Gasteiger partial charge in [0.05, 0.1) is 17.9 Å². The number of nitriles is 1. The smallest absolute Gasteiger partial charge is 0.276 e. The van der Waals surface area contributed by atoms with Gasteiger partial charge in [-0.05, 0) is 36.4 Å². The third-order valence-corrected chi connectivity index (χ3v) is 2.87. The summed E-state index contributed by atoms with van der Waals surface area (Å²) in [7, 11) is 0. The normalized spacial score (nSPS) is 9.70. The van der Waals surface area contributed by atoms with Crippen molar-refractivity contribution in [2.45, 2.75) is 12.8 Å². The molecule has 1 aromatic carbocycles. The van der Waals surface area contributed by atoms with Crippen LogP contribution in [0.25, 0.3) is 0 Å². The van der Waals surface area contributed by atoms with Crippen LogP contribution in [0.5, 0.6) is 5.75 Å². The Bertz CT molecular complexity index is 687. The lowest BCUT2D eigenvalue weighted by Crippen LogP contribution is -2.43. The first-order valence-electron chi connectivity index (χ1n) is 6.90. The van der Waals surface area contributed by atoms with Crippen LogP contribution in [0.3, 0.4) is 0 Å². The molecule has 0 unspecified atom stereocenters. The number of rotatable bonds is 6. The van der Waals surface area contributed by atoms with Crippen molar-refractivity contribution in [2.75, 3.05) is 6.61 Å². The molecule has 2 aromatic rings. The van der Waals surface area contributed by atoms with Crippen LogP contribution in [0.2, 0.25) is 0 Å². The Morgan fingerprint density at radius 3 is 2.52 bits per heavy atom. The number of carbonyl (C=O) groups is 2. The molecule has 0 aliphatic carbocycles. The van der Waals surface area contributed by atoms with Crippen molar-refractivity contribution >= 4 is 11.8 Å². The van der Waals surface area contributed by atoms with Gasteiger partial charge in [-0.2, -0.15) is 5.26 Å². The molecule has 0 radical (unpaired) electrons. The molecule has 0 spiro atoms. The predicted octanol–water partition coefficient (Wildman–Crippen LogP) is 1.31. The maximum atomic E-state index is 11.6. The van der Waals surface area contributed by atoms with Crippen molar-refractivity contribution < 1.29 is 18.7 Å². The van der Waals surface area contributed by atoms with E-state index in [0.717, 1.165) is 0 Å². The van der Waals surface area contributed by atoms with Crippen LogP contribution in [0.1, 0.15) is 17.7 Å². The second-order valence-corrected chi connectivity index (χ2v) is 4.60. The average molecular weight is 313 g/mol.